The molecule has 3 aromatic heterocycles. The maximum Gasteiger partial charge on any atom is 0.222 e. The van der Waals surface area contributed by atoms with E-state index in [0.717, 1.165) is 41.9 Å². The summed E-state index contributed by atoms with van der Waals surface area (Å²) in [6.07, 6.45) is 6.08. The summed E-state index contributed by atoms with van der Waals surface area (Å²) in [7, 11) is 0. The van der Waals surface area contributed by atoms with Gasteiger partial charge in [-0.15, -0.1) is 0 Å². The van der Waals surface area contributed by atoms with Gasteiger partial charge in [-0.25, -0.2) is 9.97 Å². The van der Waals surface area contributed by atoms with E-state index in [1.807, 2.05) is 29.9 Å². The Morgan fingerprint density at radius 2 is 2.04 bits per heavy atom. The molecule has 0 bridgehead atoms. The van der Waals surface area contributed by atoms with E-state index in [1.54, 1.807) is 6.20 Å². The van der Waals surface area contributed by atoms with Crippen molar-refractivity contribution in [3.8, 4) is 17.1 Å². The Bertz CT molecular complexity index is 883. The first-order valence-corrected chi connectivity index (χ1v) is 9.01. The molecule has 0 aliphatic carbocycles. The minimum absolute atomic E-state index is 0.582. The van der Waals surface area contributed by atoms with Crippen LogP contribution in [0.25, 0.3) is 22.3 Å². The third kappa shape index (κ3) is 2.81. The highest BCUT2D eigenvalue weighted by Crippen LogP contribution is 2.35. The third-order valence-electron chi connectivity index (χ3n) is 4.65. The molecule has 1 aliphatic rings. The first kappa shape index (κ1) is 15.9. The Morgan fingerprint density at radius 3 is 2.80 bits per heavy atom. The van der Waals surface area contributed by atoms with E-state index in [2.05, 4.69) is 28.0 Å². The molecule has 0 unspecified atom stereocenters. The number of anilines is 1. The molecule has 25 heavy (non-hydrogen) atoms. The van der Waals surface area contributed by atoms with Gasteiger partial charge in [-0.3, -0.25) is 4.68 Å². The van der Waals surface area contributed by atoms with Crippen molar-refractivity contribution in [2.45, 2.75) is 33.2 Å². The van der Waals surface area contributed by atoms with Crippen LogP contribution in [0, 0.1) is 0 Å². The number of rotatable bonds is 5. The highest BCUT2D eigenvalue weighted by Gasteiger charge is 2.21. The topological polar surface area (TPSA) is 56.1 Å². The van der Waals surface area contributed by atoms with Crippen molar-refractivity contribution in [2.24, 2.45) is 0 Å². The summed E-state index contributed by atoms with van der Waals surface area (Å²) in [5.41, 5.74) is 5.07. The average molecular weight is 337 g/mol. The van der Waals surface area contributed by atoms with Crippen LogP contribution in [-0.2, 0) is 6.54 Å². The van der Waals surface area contributed by atoms with Crippen molar-refractivity contribution in [1.29, 1.82) is 0 Å². The predicted molar refractivity (Wildman–Crippen MR) is 99.0 cm³/mol. The zero-order valence-corrected chi connectivity index (χ0v) is 14.8. The van der Waals surface area contributed by atoms with Crippen LogP contribution in [0.3, 0.4) is 0 Å². The largest absolute Gasteiger partial charge is 0.477 e. The Labute approximate surface area is 147 Å². The summed E-state index contributed by atoms with van der Waals surface area (Å²) in [5.74, 6) is 0.632. The lowest BCUT2D eigenvalue weighted by atomic mass is 10.1. The molecule has 1 saturated heterocycles. The van der Waals surface area contributed by atoms with Crippen molar-refractivity contribution in [3.05, 3.63) is 30.6 Å². The Hall–Kier alpha value is -2.63. The number of hydrogen-bond donors (Lipinski definition) is 0. The quantitative estimate of drug-likeness (QED) is 0.713. The van der Waals surface area contributed by atoms with Gasteiger partial charge in [-0.1, -0.05) is 0 Å². The molecule has 1 fully saturated rings. The van der Waals surface area contributed by atoms with E-state index in [-0.39, 0.29) is 0 Å². The summed E-state index contributed by atoms with van der Waals surface area (Å²) < 4.78 is 7.74. The lowest BCUT2D eigenvalue weighted by molar-refractivity contribution is 0.328. The molecule has 4 rings (SSSR count). The van der Waals surface area contributed by atoms with E-state index in [4.69, 9.17) is 9.72 Å². The van der Waals surface area contributed by atoms with Gasteiger partial charge in [0, 0.05) is 25.8 Å². The molecule has 6 heteroatoms. The van der Waals surface area contributed by atoms with Crippen LogP contribution < -0.4 is 9.64 Å². The van der Waals surface area contributed by atoms with E-state index < -0.39 is 0 Å². The lowest BCUT2D eigenvalue weighted by Gasteiger charge is -2.20. The molecule has 0 saturated carbocycles. The Kier molecular flexibility index (Phi) is 4.26. The fourth-order valence-electron chi connectivity index (χ4n) is 3.49. The highest BCUT2D eigenvalue weighted by molar-refractivity contribution is 5.92. The van der Waals surface area contributed by atoms with Gasteiger partial charge in [0.15, 0.2) is 0 Å². The number of fused-ring (bicyclic) bond motifs is 1. The van der Waals surface area contributed by atoms with Crippen molar-refractivity contribution in [1.82, 2.24) is 19.7 Å². The number of nitrogens with zero attached hydrogens (tertiary/aromatic N) is 5. The van der Waals surface area contributed by atoms with Crippen LogP contribution in [0.15, 0.2) is 30.6 Å². The fourth-order valence-corrected chi connectivity index (χ4v) is 3.49. The van der Waals surface area contributed by atoms with Gasteiger partial charge in [-0.05, 0) is 44.9 Å². The maximum atomic E-state index is 5.71. The van der Waals surface area contributed by atoms with Gasteiger partial charge in [0.1, 0.15) is 11.0 Å². The molecule has 0 radical (unpaired) electrons. The minimum atomic E-state index is 0.582. The number of aromatic nitrogens is 4. The van der Waals surface area contributed by atoms with Gasteiger partial charge in [0.25, 0.3) is 0 Å². The van der Waals surface area contributed by atoms with Crippen LogP contribution in [0.5, 0.6) is 5.88 Å². The Balaban J connectivity index is 1.91. The molecule has 130 valence electrons. The van der Waals surface area contributed by atoms with Gasteiger partial charge in [-0.2, -0.15) is 5.10 Å². The van der Waals surface area contributed by atoms with Crippen LogP contribution >= 0.6 is 0 Å². The molecule has 0 atom stereocenters. The SMILES string of the molecule is CCOc1ncccc1-c1cc(N2CCCC2)c2c(cnn2CC)n1. The average Bonchev–Trinajstić information content (AvgIpc) is 3.31. The van der Waals surface area contributed by atoms with Crippen molar-refractivity contribution < 1.29 is 4.74 Å². The molecular weight excluding hydrogens is 314 g/mol. The summed E-state index contributed by atoms with van der Waals surface area (Å²) >= 11 is 0. The molecular formula is C19H23N5O. The molecule has 3 aromatic rings. The van der Waals surface area contributed by atoms with Crippen LogP contribution in [0.4, 0.5) is 5.69 Å². The zero-order chi connectivity index (χ0) is 17.2. The predicted octanol–water partition coefficient (Wildman–Crippen LogP) is 3.51. The summed E-state index contributed by atoms with van der Waals surface area (Å²) in [5, 5.41) is 4.52. The molecule has 6 nitrogen and oxygen atoms in total. The van der Waals surface area contributed by atoms with E-state index in [1.165, 1.54) is 18.5 Å². The lowest BCUT2D eigenvalue weighted by Crippen LogP contribution is -2.19. The first-order chi connectivity index (χ1) is 12.3. The molecule has 4 heterocycles. The molecule has 0 aromatic carbocycles. The van der Waals surface area contributed by atoms with Crippen LogP contribution in [0.1, 0.15) is 26.7 Å². The van der Waals surface area contributed by atoms with Crippen LogP contribution in [-0.4, -0.2) is 39.4 Å². The smallest absolute Gasteiger partial charge is 0.222 e. The maximum absolute atomic E-state index is 5.71. The second kappa shape index (κ2) is 6.70. The minimum Gasteiger partial charge on any atom is -0.477 e. The van der Waals surface area contributed by atoms with Crippen LogP contribution in [0.2, 0.25) is 0 Å². The van der Waals surface area contributed by atoms with Gasteiger partial charge in [0.2, 0.25) is 5.88 Å². The second-order valence-electron chi connectivity index (χ2n) is 6.20. The van der Waals surface area contributed by atoms with Gasteiger partial charge in [0.05, 0.1) is 29.7 Å². The molecule has 0 N–H and O–H groups in total. The van der Waals surface area contributed by atoms with Crippen molar-refractivity contribution in [3.63, 3.8) is 0 Å². The normalized spacial score (nSPS) is 14.4. The molecule has 1 aliphatic heterocycles. The standard InChI is InChI=1S/C19H23N5O/c1-3-24-18-16(13-21-24)22-15(12-17(18)23-10-5-6-11-23)14-8-7-9-20-19(14)25-4-2/h7-9,12-13H,3-6,10-11H2,1-2H3. The van der Waals surface area contributed by atoms with E-state index in [9.17, 15) is 0 Å². The van der Waals surface area contributed by atoms with E-state index in [0.29, 0.717) is 12.5 Å². The van der Waals surface area contributed by atoms with Crippen molar-refractivity contribution in [2.75, 3.05) is 24.6 Å². The fraction of sp³-hybridized carbons (Fsp3) is 0.421. The van der Waals surface area contributed by atoms with Gasteiger partial charge < -0.3 is 9.64 Å². The summed E-state index contributed by atoms with van der Waals surface area (Å²) in [6, 6.07) is 6.11. The zero-order valence-electron chi connectivity index (χ0n) is 14.8. The number of pyridine rings is 2. The van der Waals surface area contributed by atoms with Gasteiger partial charge >= 0.3 is 0 Å². The molecule has 0 amide bonds. The third-order valence-corrected chi connectivity index (χ3v) is 4.65. The number of hydrogen-bond acceptors (Lipinski definition) is 5. The van der Waals surface area contributed by atoms with E-state index >= 15 is 0 Å². The monoisotopic (exact) mass is 337 g/mol. The molecule has 0 spiro atoms. The summed E-state index contributed by atoms with van der Waals surface area (Å²) in [4.78, 5) is 11.7. The first-order valence-electron chi connectivity index (χ1n) is 9.01. The highest BCUT2D eigenvalue weighted by atomic mass is 16.5. The second-order valence-corrected chi connectivity index (χ2v) is 6.20. The summed E-state index contributed by atoms with van der Waals surface area (Å²) in [6.45, 7) is 7.66. The Morgan fingerprint density at radius 1 is 1.20 bits per heavy atom. The van der Waals surface area contributed by atoms with Crippen molar-refractivity contribution >= 4 is 16.7 Å². The number of aryl methyl sites for hydroxylation is 1. The number of ether oxygens (including phenoxy) is 1.